The van der Waals surface area contributed by atoms with Crippen molar-refractivity contribution >= 4 is 43.8 Å². The Bertz CT molecular complexity index is 1290. The highest BCUT2D eigenvalue weighted by Gasteiger charge is 2.29. The summed E-state index contributed by atoms with van der Waals surface area (Å²) >= 11 is 3.37. The summed E-state index contributed by atoms with van der Waals surface area (Å²) in [6.45, 7) is 1.34. The number of sulfonamides is 1. The number of carbonyl (C=O) groups excluding carboxylic acids is 1. The molecule has 1 amide bonds. The molecule has 8 nitrogen and oxygen atoms in total. The summed E-state index contributed by atoms with van der Waals surface area (Å²) in [6, 6.07) is 18.4. The number of nitrogens with one attached hydrogen (secondary N) is 1. The number of aryl methyl sites for hydroxylation is 1. The van der Waals surface area contributed by atoms with Gasteiger partial charge in [0.25, 0.3) is 15.9 Å². The Balaban J connectivity index is 1.93. The minimum atomic E-state index is -4.11. The molecule has 0 bridgehead atoms. The van der Waals surface area contributed by atoms with Gasteiger partial charge in [0.2, 0.25) is 0 Å². The van der Waals surface area contributed by atoms with Crippen molar-refractivity contribution in [1.29, 1.82) is 0 Å². The monoisotopic (exact) mass is 545 g/mol. The summed E-state index contributed by atoms with van der Waals surface area (Å²) < 4.78 is 39.6. The van der Waals surface area contributed by atoms with E-state index in [1.54, 1.807) is 24.3 Å². The molecule has 0 aliphatic rings. The van der Waals surface area contributed by atoms with Gasteiger partial charge in [0.1, 0.15) is 18.0 Å². The highest BCUT2D eigenvalue weighted by Crippen LogP contribution is 2.35. The Morgan fingerprint density at radius 1 is 1.06 bits per heavy atom. The molecule has 1 N–H and O–H groups in total. The second kappa shape index (κ2) is 11.2. The molecule has 3 aromatic carbocycles. The third kappa shape index (κ3) is 6.15. The fourth-order valence-corrected chi connectivity index (χ4v) is 4.91. The summed E-state index contributed by atoms with van der Waals surface area (Å²) in [5.74, 6) is 0.0941. The largest absolute Gasteiger partial charge is 0.497 e. The van der Waals surface area contributed by atoms with Crippen molar-refractivity contribution in [2.75, 3.05) is 25.1 Å². The van der Waals surface area contributed by atoms with Gasteiger partial charge in [-0.25, -0.2) is 13.8 Å². The van der Waals surface area contributed by atoms with E-state index in [-0.39, 0.29) is 16.3 Å². The molecular formula is C24H24BrN3O5S. The summed E-state index contributed by atoms with van der Waals surface area (Å²) in [5.41, 5.74) is 4.25. The van der Waals surface area contributed by atoms with E-state index in [2.05, 4.69) is 26.5 Å². The van der Waals surface area contributed by atoms with Crippen molar-refractivity contribution in [2.45, 2.75) is 11.8 Å². The molecule has 0 unspecified atom stereocenters. The van der Waals surface area contributed by atoms with Crippen LogP contribution in [0.5, 0.6) is 11.5 Å². The van der Waals surface area contributed by atoms with Gasteiger partial charge in [-0.1, -0.05) is 45.8 Å². The van der Waals surface area contributed by atoms with Crippen LogP contribution in [0.1, 0.15) is 11.1 Å². The molecule has 0 radical (unpaired) electrons. The molecule has 0 saturated carbocycles. The van der Waals surface area contributed by atoms with Gasteiger partial charge in [0.05, 0.1) is 31.0 Å². The normalized spacial score (nSPS) is 11.3. The second-order valence-corrected chi connectivity index (χ2v) is 9.99. The molecule has 0 aromatic heterocycles. The summed E-state index contributed by atoms with van der Waals surface area (Å²) in [5, 5.41) is 3.95. The Morgan fingerprint density at radius 3 is 2.44 bits per heavy atom. The first-order chi connectivity index (χ1) is 16.2. The van der Waals surface area contributed by atoms with Crippen LogP contribution in [-0.2, 0) is 14.8 Å². The van der Waals surface area contributed by atoms with Crippen molar-refractivity contribution in [3.8, 4) is 11.5 Å². The number of nitrogens with zero attached hydrogens (tertiary/aromatic N) is 2. The van der Waals surface area contributed by atoms with Crippen molar-refractivity contribution in [2.24, 2.45) is 5.10 Å². The van der Waals surface area contributed by atoms with E-state index in [0.717, 1.165) is 19.9 Å². The smallest absolute Gasteiger partial charge is 0.264 e. The SMILES string of the molecule is COc1ccc(N(CC(=O)N/N=C\c2cccc(Br)c2)S(=O)(=O)c2ccc(C)cc2)c(OC)c1. The zero-order chi connectivity index (χ0) is 24.7. The van der Waals surface area contributed by atoms with Gasteiger partial charge in [0.15, 0.2) is 0 Å². The third-order valence-electron chi connectivity index (χ3n) is 4.80. The van der Waals surface area contributed by atoms with E-state index < -0.39 is 22.5 Å². The van der Waals surface area contributed by atoms with Crippen LogP contribution in [0.3, 0.4) is 0 Å². The number of methoxy groups -OCH3 is 2. The number of benzene rings is 3. The van der Waals surface area contributed by atoms with Crippen LogP contribution in [0.25, 0.3) is 0 Å². The van der Waals surface area contributed by atoms with E-state index in [1.165, 1.54) is 38.6 Å². The Kier molecular flexibility index (Phi) is 8.30. The molecule has 0 heterocycles. The number of ether oxygens (including phenoxy) is 2. The average Bonchev–Trinajstić information content (AvgIpc) is 2.82. The van der Waals surface area contributed by atoms with Crippen molar-refractivity contribution < 1.29 is 22.7 Å². The van der Waals surface area contributed by atoms with Crippen LogP contribution >= 0.6 is 15.9 Å². The molecule has 0 aliphatic carbocycles. The molecular weight excluding hydrogens is 522 g/mol. The number of hydrogen-bond acceptors (Lipinski definition) is 6. The number of rotatable bonds is 9. The van der Waals surface area contributed by atoms with E-state index in [4.69, 9.17) is 9.47 Å². The van der Waals surface area contributed by atoms with Gasteiger partial charge >= 0.3 is 0 Å². The van der Waals surface area contributed by atoms with Crippen LogP contribution < -0.4 is 19.2 Å². The summed E-state index contributed by atoms with van der Waals surface area (Å²) in [7, 11) is -1.20. The number of halogens is 1. The van der Waals surface area contributed by atoms with Gasteiger partial charge in [-0.15, -0.1) is 0 Å². The summed E-state index contributed by atoms with van der Waals surface area (Å²) in [6.07, 6.45) is 1.47. The van der Waals surface area contributed by atoms with E-state index in [0.29, 0.717) is 5.75 Å². The first-order valence-corrected chi connectivity index (χ1v) is 12.4. The number of anilines is 1. The van der Waals surface area contributed by atoms with Crippen molar-refractivity contribution in [3.63, 3.8) is 0 Å². The van der Waals surface area contributed by atoms with Crippen LogP contribution in [0.2, 0.25) is 0 Å². The predicted octanol–water partition coefficient (Wildman–Crippen LogP) is 4.12. The predicted molar refractivity (Wildman–Crippen MR) is 135 cm³/mol. The standard InChI is InChI=1S/C24H24BrN3O5S/c1-17-7-10-21(11-8-17)34(30,31)28(22-12-9-20(32-2)14-23(22)33-3)16-24(29)27-26-15-18-5-4-6-19(25)13-18/h4-15H,16H2,1-3H3,(H,27,29)/b26-15-. The van der Waals surface area contributed by atoms with Crippen LogP contribution in [0.15, 0.2) is 81.2 Å². The lowest BCUT2D eigenvalue weighted by molar-refractivity contribution is -0.119. The van der Waals surface area contributed by atoms with Gasteiger partial charge in [-0.2, -0.15) is 5.10 Å². The van der Waals surface area contributed by atoms with E-state index in [1.807, 2.05) is 31.2 Å². The quantitative estimate of drug-likeness (QED) is 0.322. The maximum Gasteiger partial charge on any atom is 0.264 e. The first kappa shape index (κ1) is 25.3. The molecule has 34 heavy (non-hydrogen) atoms. The third-order valence-corrected chi connectivity index (χ3v) is 7.07. The number of hydrogen-bond donors (Lipinski definition) is 1. The van der Waals surface area contributed by atoms with Gasteiger partial charge in [-0.05, 0) is 48.9 Å². The zero-order valence-corrected chi connectivity index (χ0v) is 21.3. The molecule has 0 spiro atoms. The second-order valence-electron chi connectivity index (χ2n) is 7.21. The van der Waals surface area contributed by atoms with Crippen molar-refractivity contribution in [3.05, 3.63) is 82.3 Å². The molecule has 178 valence electrons. The molecule has 3 aromatic rings. The minimum absolute atomic E-state index is 0.0430. The Morgan fingerprint density at radius 2 is 1.79 bits per heavy atom. The lowest BCUT2D eigenvalue weighted by Gasteiger charge is -2.25. The molecule has 10 heteroatoms. The fraction of sp³-hybridized carbons (Fsp3) is 0.167. The fourth-order valence-electron chi connectivity index (χ4n) is 3.06. The molecule has 0 aliphatic heterocycles. The number of amides is 1. The topological polar surface area (TPSA) is 97.3 Å². The molecule has 0 fully saturated rings. The first-order valence-electron chi connectivity index (χ1n) is 10.1. The summed E-state index contributed by atoms with van der Waals surface area (Å²) in [4.78, 5) is 12.8. The van der Waals surface area contributed by atoms with Crippen LogP contribution in [0.4, 0.5) is 5.69 Å². The Labute approximate surface area is 207 Å². The highest BCUT2D eigenvalue weighted by atomic mass is 79.9. The van der Waals surface area contributed by atoms with E-state index >= 15 is 0 Å². The van der Waals surface area contributed by atoms with Crippen LogP contribution in [0, 0.1) is 6.92 Å². The highest BCUT2D eigenvalue weighted by molar-refractivity contribution is 9.10. The van der Waals surface area contributed by atoms with Crippen LogP contribution in [-0.4, -0.2) is 41.3 Å². The molecule has 3 rings (SSSR count). The maximum absolute atomic E-state index is 13.6. The number of hydrazone groups is 1. The molecule has 0 saturated heterocycles. The average molecular weight is 546 g/mol. The van der Waals surface area contributed by atoms with E-state index in [9.17, 15) is 13.2 Å². The van der Waals surface area contributed by atoms with Crippen molar-refractivity contribution in [1.82, 2.24) is 5.43 Å². The zero-order valence-electron chi connectivity index (χ0n) is 18.9. The van der Waals surface area contributed by atoms with Gasteiger partial charge in [-0.3, -0.25) is 9.10 Å². The Hall–Kier alpha value is -3.37. The number of carbonyl (C=O) groups is 1. The molecule has 0 atom stereocenters. The maximum atomic E-state index is 13.6. The lowest BCUT2D eigenvalue weighted by atomic mass is 10.2. The van der Waals surface area contributed by atoms with Gasteiger partial charge in [0, 0.05) is 10.5 Å². The lowest BCUT2D eigenvalue weighted by Crippen LogP contribution is -2.39. The van der Waals surface area contributed by atoms with Gasteiger partial charge < -0.3 is 9.47 Å². The minimum Gasteiger partial charge on any atom is -0.497 e.